The molecular formula is C28H30F3N5O3S. The molecule has 1 unspecified atom stereocenters. The molecule has 8 nitrogen and oxygen atoms in total. The summed E-state index contributed by atoms with van der Waals surface area (Å²) in [5, 5.41) is 8.38. The van der Waals surface area contributed by atoms with Crippen molar-refractivity contribution in [3.05, 3.63) is 76.4 Å². The van der Waals surface area contributed by atoms with Crippen molar-refractivity contribution in [3.8, 4) is 0 Å². The Labute approximate surface area is 233 Å². The van der Waals surface area contributed by atoms with E-state index in [1.807, 2.05) is 23.7 Å². The molecule has 3 aromatic rings. The Morgan fingerprint density at radius 3 is 2.52 bits per heavy atom. The molecule has 0 saturated heterocycles. The first-order chi connectivity index (χ1) is 18.7. The van der Waals surface area contributed by atoms with Crippen LogP contribution in [0.4, 0.5) is 18.9 Å². The van der Waals surface area contributed by atoms with Crippen LogP contribution in [0, 0.1) is 0 Å². The average Bonchev–Trinajstić information content (AvgIpc) is 3.44. The number of carbonyl (C=O) groups excluding carboxylic acids is 1. The van der Waals surface area contributed by atoms with Crippen LogP contribution in [0.15, 0.2) is 47.1 Å². The summed E-state index contributed by atoms with van der Waals surface area (Å²) in [5.74, 6) is 0.214. The number of anilines is 1. The van der Waals surface area contributed by atoms with Gasteiger partial charge in [0.15, 0.2) is 0 Å². The molecule has 1 atom stereocenters. The Bertz CT molecular complexity index is 1470. The molecule has 212 valence electrons. The lowest BCUT2D eigenvalue weighted by atomic mass is 9.62. The van der Waals surface area contributed by atoms with Gasteiger partial charge in [0.2, 0.25) is 0 Å². The summed E-state index contributed by atoms with van der Waals surface area (Å²) in [4.78, 5) is 14.9. The van der Waals surface area contributed by atoms with Gasteiger partial charge < -0.3 is 18.8 Å². The van der Waals surface area contributed by atoms with E-state index >= 15 is 0 Å². The molecule has 2 aliphatic rings. The number of benzene rings is 2. The highest BCUT2D eigenvalue weighted by Gasteiger charge is 2.50. The number of halogens is 3. The maximum absolute atomic E-state index is 14.1. The standard InChI is InChI=1S/C28H30F3N5O3S/c1-26(2,3)40(38)33-14-17-9-21-22(23(10-17)28(29,30)31)15-36(24(21)37)19-8-6-7-18(11-19)27(12-20(13-27)39-5)25-34-32-16-35(25)4/h6-11,14,16,20H,12-13,15H2,1-5H3/b33-14-/t20-,27-,40?. The van der Waals surface area contributed by atoms with Crippen molar-refractivity contribution in [1.82, 2.24) is 14.8 Å². The Hall–Kier alpha value is -3.22. The monoisotopic (exact) mass is 573 g/mol. The topological polar surface area (TPSA) is 95.7 Å². The molecule has 2 heterocycles. The largest absolute Gasteiger partial charge is 0.591 e. The SMILES string of the molecule is CO[C@H]1C[C@](c2cccc(N3Cc4c(cc(/C=N\[S+]([O-])C(C)(C)C)cc4C(F)(F)F)C3=O)c2)(c2nncn2C)C1. The van der Waals surface area contributed by atoms with Gasteiger partial charge in [0, 0.05) is 25.4 Å². The third kappa shape index (κ3) is 4.92. The zero-order chi connectivity index (χ0) is 29.0. The number of hydrogen-bond donors (Lipinski definition) is 0. The van der Waals surface area contributed by atoms with Crippen LogP contribution < -0.4 is 4.90 Å². The van der Waals surface area contributed by atoms with E-state index in [4.69, 9.17) is 4.74 Å². The zero-order valence-electron chi connectivity index (χ0n) is 22.8. The van der Waals surface area contributed by atoms with Crippen LogP contribution in [0.25, 0.3) is 0 Å². The van der Waals surface area contributed by atoms with E-state index in [0.29, 0.717) is 18.5 Å². The van der Waals surface area contributed by atoms with Gasteiger partial charge >= 0.3 is 6.18 Å². The molecule has 1 aliphatic carbocycles. The number of methoxy groups -OCH3 is 1. The molecule has 40 heavy (non-hydrogen) atoms. The van der Waals surface area contributed by atoms with Crippen LogP contribution in [0.1, 0.15) is 72.0 Å². The van der Waals surface area contributed by atoms with Crippen LogP contribution in [-0.2, 0) is 41.3 Å². The van der Waals surface area contributed by atoms with Crippen molar-refractivity contribution < 1.29 is 27.3 Å². The van der Waals surface area contributed by atoms with E-state index in [1.54, 1.807) is 46.3 Å². The fourth-order valence-electron chi connectivity index (χ4n) is 5.35. The second kappa shape index (κ2) is 10.0. The van der Waals surface area contributed by atoms with Gasteiger partial charge in [-0.15, -0.1) is 10.2 Å². The molecule has 5 rings (SSSR count). The lowest BCUT2D eigenvalue weighted by Crippen LogP contribution is -2.48. The Kier molecular flexibility index (Phi) is 7.08. The first-order valence-electron chi connectivity index (χ1n) is 12.7. The lowest BCUT2D eigenvalue weighted by Gasteiger charge is -2.46. The van der Waals surface area contributed by atoms with Gasteiger partial charge in [-0.3, -0.25) is 4.79 Å². The summed E-state index contributed by atoms with van der Waals surface area (Å²) < 4.78 is 65.4. The minimum absolute atomic E-state index is 0.0278. The molecule has 1 amide bonds. The number of rotatable bonds is 6. The van der Waals surface area contributed by atoms with Gasteiger partial charge in [-0.05, 0) is 74.6 Å². The quantitative estimate of drug-likeness (QED) is 0.307. The number of carbonyl (C=O) groups is 1. The summed E-state index contributed by atoms with van der Waals surface area (Å²) >= 11 is -1.66. The van der Waals surface area contributed by atoms with Gasteiger partial charge in [-0.25, -0.2) is 0 Å². The number of aryl methyl sites for hydroxylation is 1. The third-order valence-corrected chi connectivity index (χ3v) is 8.87. The van der Waals surface area contributed by atoms with Crippen LogP contribution in [0.3, 0.4) is 0 Å². The van der Waals surface area contributed by atoms with Crippen LogP contribution in [0.5, 0.6) is 0 Å². The summed E-state index contributed by atoms with van der Waals surface area (Å²) in [6.45, 7) is 4.92. The zero-order valence-corrected chi connectivity index (χ0v) is 23.6. The van der Waals surface area contributed by atoms with E-state index in [1.165, 1.54) is 11.0 Å². The summed E-state index contributed by atoms with van der Waals surface area (Å²) in [6.07, 6.45) is -0.583. The first-order valence-corrected chi connectivity index (χ1v) is 13.8. The summed E-state index contributed by atoms with van der Waals surface area (Å²) in [6, 6.07) is 9.62. The molecule has 0 radical (unpaired) electrons. The molecule has 2 aromatic carbocycles. The van der Waals surface area contributed by atoms with Crippen molar-refractivity contribution in [3.63, 3.8) is 0 Å². The highest BCUT2D eigenvalue weighted by atomic mass is 32.2. The molecule has 0 spiro atoms. The minimum Gasteiger partial charge on any atom is -0.591 e. The van der Waals surface area contributed by atoms with Crippen LogP contribution >= 0.6 is 0 Å². The van der Waals surface area contributed by atoms with E-state index in [2.05, 4.69) is 14.6 Å². The molecule has 1 saturated carbocycles. The Morgan fingerprint density at radius 1 is 1.20 bits per heavy atom. The number of aromatic nitrogens is 3. The fraction of sp³-hybridized carbons (Fsp3) is 0.429. The molecule has 12 heteroatoms. The number of ether oxygens (including phenoxy) is 1. The average molecular weight is 574 g/mol. The van der Waals surface area contributed by atoms with Gasteiger partial charge in [0.05, 0.1) is 29.8 Å². The smallest absolute Gasteiger partial charge is 0.416 e. The number of amides is 1. The van der Waals surface area contributed by atoms with Gasteiger partial charge in [0.1, 0.15) is 28.3 Å². The van der Waals surface area contributed by atoms with E-state index in [9.17, 15) is 22.5 Å². The Morgan fingerprint density at radius 2 is 1.93 bits per heavy atom. The molecule has 0 N–H and O–H groups in total. The van der Waals surface area contributed by atoms with Gasteiger partial charge in [-0.2, -0.15) is 13.2 Å². The number of nitrogens with zero attached hydrogens (tertiary/aromatic N) is 5. The number of alkyl halides is 3. The van der Waals surface area contributed by atoms with Crippen molar-refractivity contribution >= 4 is 29.2 Å². The summed E-state index contributed by atoms with van der Waals surface area (Å²) in [7, 11) is 3.51. The fourth-order valence-corrected chi connectivity index (χ4v) is 5.89. The predicted molar refractivity (Wildman–Crippen MR) is 146 cm³/mol. The molecule has 1 aliphatic heterocycles. The number of fused-ring (bicyclic) bond motifs is 1. The minimum atomic E-state index is -4.69. The number of hydrogen-bond acceptors (Lipinski definition) is 6. The van der Waals surface area contributed by atoms with Gasteiger partial charge in [-0.1, -0.05) is 16.5 Å². The van der Waals surface area contributed by atoms with Gasteiger partial charge in [0.25, 0.3) is 5.91 Å². The maximum Gasteiger partial charge on any atom is 0.416 e. The maximum atomic E-state index is 14.1. The molecule has 0 bridgehead atoms. The highest BCUT2D eigenvalue weighted by molar-refractivity contribution is 7.91. The summed E-state index contributed by atoms with van der Waals surface area (Å²) in [5.41, 5.74) is -0.116. The normalized spacial score (nSPS) is 22.1. The van der Waals surface area contributed by atoms with Crippen molar-refractivity contribution in [1.29, 1.82) is 0 Å². The van der Waals surface area contributed by atoms with Crippen LogP contribution in [0.2, 0.25) is 0 Å². The second-order valence-corrected chi connectivity index (χ2v) is 13.2. The van der Waals surface area contributed by atoms with Crippen molar-refractivity contribution in [2.75, 3.05) is 12.0 Å². The lowest BCUT2D eigenvalue weighted by molar-refractivity contribution is -0.138. The predicted octanol–water partition coefficient (Wildman–Crippen LogP) is 4.97. The van der Waals surface area contributed by atoms with Crippen molar-refractivity contribution in [2.24, 2.45) is 11.4 Å². The first kappa shape index (κ1) is 28.3. The Balaban J connectivity index is 1.52. The molecular weight excluding hydrogens is 543 g/mol. The molecule has 1 fully saturated rings. The molecule has 1 aromatic heterocycles. The van der Waals surface area contributed by atoms with E-state index in [-0.39, 0.29) is 29.3 Å². The van der Waals surface area contributed by atoms with Crippen LogP contribution in [-0.4, -0.2) is 49.4 Å². The van der Waals surface area contributed by atoms with E-state index < -0.39 is 39.2 Å². The van der Waals surface area contributed by atoms with E-state index in [0.717, 1.165) is 23.7 Å². The van der Waals surface area contributed by atoms with Crippen molar-refractivity contribution in [2.45, 2.75) is 62.6 Å². The third-order valence-electron chi connectivity index (χ3n) is 7.53. The highest BCUT2D eigenvalue weighted by Crippen LogP contribution is 2.50. The second-order valence-electron chi connectivity index (χ2n) is 11.2.